The molecule has 3 rings (SSSR count). The van der Waals surface area contributed by atoms with Gasteiger partial charge in [-0.1, -0.05) is 23.0 Å². The van der Waals surface area contributed by atoms with Gasteiger partial charge in [-0.2, -0.15) is 0 Å². The fourth-order valence-corrected chi connectivity index (χ4v) is 4.54. The molecule has 0 saturated carbocycles. The van der Waals surface area contributed by atoms with Crippen LogP contribution in [0.3, 0.4) is 0 Å². The van der Waals surface area contributed by atoms with Crippen LogP contribution in [0, 0.1) is 11.8 Å². The smallest absolute Gasteiger partial charge is 0.410 e. The van der Waals surface area contributed by atoms with Crippen molar-refractivity contribution in [3.8, 4) is 11.8 Å². The Morgan fingerprint density at radius 2 is 1.80 bits per heavy atom. The second-order valence-electron chi connectivity index (χ2n) is 11.0. The Bertz CT molecular complexity index is 1290. The van der Waals surface area contributed by atoms with Gasteiger partial charge in [0, 0.05) is 55.1 Å². The zero-order chi connectivity index (χ0) is 32.0. The van der Waals surface area contributed by atoms with Crippen LogP contribution in [0.25, 0.3) is 10.4 Å². The van der Waals surface area contributed by atoms with Crippen molar-refractivity contribution in [1.82, 2.24) is 15.1 Å². The lowest BCUT2D eigenvalue weighted by molar-refractivity contribution is -0.136. The van der Waals surface area contributed by atoms with E-state index < -0.39 is 23.6 Å². The van der Waals surface area contributed by atoms with Crippen LogP contribution in [0.5, 0.6) is 0 Å². The predicted octanol–water partition coefficient (Wildman–Crippen LogP) is 2.79. The highest BCUT2D eigenvalue weighted by molar-refractivity contribution is 6.05. The monoisotopic (exact) mass is 612 g/mol. The zero-order valence-electron chi connectivity index (χ0n) is 25.5. The molecule has 238 valence electrons. The molecule has 4 amide bonds. The molecular formula is C30H40N6O8. The lowest BCUT2D eigenvalue weighted by atomic mass is 10.0. The van der Waals surface area contributed by atoms with Crippen LogP contribution < -0.4 is 5.32 Å². The molecular weight excluding hydrogens is 572 g/mol. The minimum atomic E-state index is -0.694. The number of ether oxygens (including phenoxy) is 4. The molecule has 2 aliphatic rings. The summed E-state index contributed by atoms with van der Waals surface area (Å²) in [6, 6.07) is 4.60. The first-order valence-electron chi connectivity index (χ1n) is 14.6. The van der Waals surface area contributed by atoms with E-state index in [9.17, 15) is 19.2 Å². The Hall–Kier alpha value is -4.15. The van der Waals surface area contributed by atoms with Crippen LogP contribution in [0.15, 0.2) is 23.3 Å². The van der Waals surface area contributed by atoms with Gasteiger partial charge < -0.3 is 28.7 Å². The average molecular weight is 613 g/mol. The molecule has 1 N–H and O–H groups in total. The first-order valence-corrected chi connectivity index (χ1v) is 14.6. The molecule has 14 nitrogen and oxygen atoms in total. The lowest BCUT2D eigenvalue weighted by Crippen LogP contribution is -2.52. The van der Waals surface area contributed by atoms with Gasteiger partial charge >= 0.3 is 6.09 Å². The summed E-state index contributed by atoms with van der Waals surface area (Å²) in [6.45, 7) is 8.61. The SMILES string of the molecule is CC(C)(C)OC(=O)N(CCC#Cc1cccc2c1CN(C1CCC(=O)NC1=O)C2=O)CCOCCOCCOCCN=[N+]=[N-]. The number of azide groups is 1. The van der Waals surface area contributed by atoms with Crippen molar-refractivity contribution >= 4 is 23.8 Å². The predicted molar refractivity (Wildman–Crippen MR) is 158 cm³/mol. The van der Waals surface area contributed by atoms with Gasteiger partial charge in [-0.3, -0.25) is 19.7 Å². The fourth-order valence-electron chi connectivity index (χ4n) is 4.54. The summed E-state index contributed by atoms with van der Waals surface area (Å²) in [5, 5.41) is 5.69. The second-order valence-corrected chi connectivity index (χ2v) is 11.0. The van der Waals surface area contributed by atoms with Crippen LogP contribution in [0.2, 0.25) is 0 Å². The van der Waals surface area contributed by atoms with E-state index in [4.69, 9.17) is 24.5 Å². The van der Waals surface area contributed by atoms with Gasteiger partial charge in [0.2, 0.25) is 11.8 Å². The molecule has 1 atom stereocenters. The average Bonchev–Trinajstić information content (AvgIpc) is 3.30. The summed E-state index contributed by atoms with van der Waals surface area (Å²) in [5.41, 5.74) is 9.47. The minimum Gasteiger partial charge on any atom is -0.444 e. The van der Waals surface area contributed by atoms with E-state index in [0.29, 0.717) is 70.1 Å². The van der Waals surface area contributed by atoms with E-state index in [2.05, 4.69) is 27.2 Å². The number of benzene rings is 1. The Balaban J connectivity index is 1.49. The molecule has 1 fully saturated rings. The maximum atomic E-state index is 13.1. The van der Waals surface area contributed by atoms with E-state index in [-0.39, 0.29) is 37.9 Å². The normalized spacial score (nSPS) is 16.0. The van der Waals surface area contributed by atoms with E-state index >= 15 is 0 Å². The number of piperidine rings is 1. The molecule has 0 aromatic heterocycles. The molecule has 1 aromatic rings. The Morgan fingerprint density at radius 1 is 1.09 bits per heavy atom. The van der Waals surface area contributed by atoms with E-state index in [1.165, 1.54) is 4.90 Å². The topological polar surface area (TPSA) is 172 Å². The summed E-state index contributed by atoms with van der Waals surface area (Å²) < 4.78 is 21.9. The number of hydrogen-bond donors (Lipinski definition) is 1. The highest BCUT2D eigenvalue weighted by Crippen LogP contribution is 2.29. The molecule has 44 heavy (non-hydrogen) atoms. The zero-order valence-corrected chi connectivity index (χ0v) is 25.5. The first-order chi connectivity index (χ1) is 21.1. The Labute approximate surface area is 256 Å². The quantitative estimate of drug-likeness (QED) is 0.0786. The molecule has 2 aliphatic heterocycles. The number of imide groups is 1. The van der Waals surface area contributed by atoms with Crippen molar-refractivity contribution in [2.75, 3.05) is 59.3 Å². The van der Waals surface area contributed by atoms with E-state index in [1.807, 2.05) is 6.07 Å². The molecule has 0 bridgehead atoms. The molecule has 2 heterocycles. The first kappa shape index (κ1) is 34.3. The summed E-state index contributed by atoms with van der Waals surface area (Å²) in [7, 11) is 0. The maximum absolute atomic E-state index is 13.1. The van der Waals surface area contributed by atoms with Crippen LogP contribution >= 0.6 is 0 Å². The largest absolute Gasteiger partial charge is 0.444 e. The molecule has 0 aliphatic carbocycles. The van der Waals surface area contributed by atoms with Crippen molar-refractivity contribution < 1.29 is 38.1 Å². The molecule has 0 radical (unpaired) electrons. The van der Waals surface area contributed by atoms with Crippen molar-refractivity contribution in [1.29, 1.82) is 0 Å². The number of nitrogens with one attached hydrogen (secondary N) is 1. The number of fused-ring (bicyclic) bond motifs is 1. The Morgan fingerprint density at radius 3 is 2.48 bits per heavy atom. The number of carbonyl (C=O) groups is 4. The summed E-state index contributed by atoms with van der Waals surface area (Å²) >= 11 is 0. The van der Waals surface area contributed by atoms with Gasteiger partial charge in [0.05, 0.1) is 39.6 Å². The highest BCUT2D eigenvalue weighted by atomic mass is 16.6. The maximum Gasteiger partial charge on any atom is 0.410 e. The van der Waals surface area contributed by atoms with Crippen molar-refractivity contribution in [3.05, 3.63) is 45.3 Å². The number of rotatable bonds is 15. The number of amides is 4. The molecule has 1 aromatic carbocycles. The van der Waals surface area contributed by atoms with Crippen LogP contribution in [-0.2, 0) is 35.1 Å². The highest BCUT2D eigenvalue weighted by Gasteiger charge is 2.39. The van der Waals surface area contributed by atoms with Crippen LogP contribution in [0.4, 0.5) is 4.79 Å². The number of nitrogens with zero attached hydrogens (tertiary/aromatic N) is 5. The molecule has 1 saturated heterocycles. The number of hydrogen-bond acceptors (Lipinski definition) is 9. The third kappa shape index (κ3) is 10.8. The van der Waals surface area contributed by atoms with Gasteiger partial charge in [0.1, 0.15) is 11.6 Å². The standard InChI is InChI=1S/C30H40N6O8/c1-30(2,3)44-29(40)35(14-16-42-18-20-43-19-17-41-15-12-32-34-31)13-5-4-7-22-8-6-9-23-24(22)21-36(28(23)39)25-10-11-26(37)33-27(25)38/h6,8-9,25H,5,10-21H2,1-3H3,(H,33,37,38). The summed E-state index contributed by atoms with van der Waals surface area (Å²) in [4.78, 5) is 55.5. The Kier molecular flexibility index (Phi) is 13.4. The molecule has 0 spiro atoms. The van der Waals surface area contributed by atoms with Gasteiger partial charge in [-0.25, -0.2) is 4.79 Å². The third-order valence-electron chi connectivity index (χ3n) is 6.61. The van der Waals surface area contributed by atoms with Crippen LogP contribution in [-0.4, -0.2) is 105 Å². The second kappa shape index (κ2) is 17.2. The van der Waals surface area contributed by atoms with Gasteiger partial charge in [0.25, 0.3) is 5.91 Å². The van der Waals surface area contributed by atoms with Crippen molar-refractivity contribution in [2.24, 2.45) is 5.11 Å². The van der Waals surface area contributed by atoms with Gasteiger partial charge in [-0.15, -0.1) is 0 Å². The fraction of sp³-hybridized carbons (Fsp3) is 0.600. The lowest BCUT2D eigenvalue weighted by Gasteiger charge is -2.29. The minimum absolute atomic E-state index is 0.188. The third-order valence-corrected chi connectivity index (χ3v) is 6.61. The van der Waals surface area contributed by atoms with Crippen molar-refractivity contribution in [3.63, 3.8) is 0 Å². The number of carbonyl (C=O) groups excluding carboxylic acids is 4. The van der Waals surface area contributed by atoms with Crippen LogP contribution in [0.1, 0.15) is 61.5 Å². The summed E-state index contributed by atoms with van der Waals surface area (Å²) in [6.07, 6.45) is 0.367. The molecule has 14 heteroatoms. The summed E-state index contributed by atoms with van der Waals surface area (Å²) in [5.74, 6) is 5.18. The van der Waals surface area contributed by atoms with Gasteiger partial charge in [0.15, 0.2) is 0 Å². The van der Waals surface area contributed by atoms with Gasteiger partial charge in [-0.05, 0) is 50.4 Å². The van der Waals surface area contributed by atoms with Crippen molar-refractivity contribution in [2.45, 2.75) is 58.2 Å². The molecule has 1 unspecified atom stereocenters. The van der Waals surface area contributed by atoms with E-state index in [0.717, 1.165) is 5.56 Å². The van der Waals surface area contributed by atoms with E-state index in [1.54, 1.807) is 37.8 Å².